The van der Waals surface area contributed by atoms with Crippen LogP contribution in [0.5, 0.6) is 0 Å². The van der Waals surface area contributed by atoms with Crippen molar-refractivity contribution in [1.82, 2.24) is 5.32 Å². The molecule has 1 amide bonds. The van der Waals surface area contributed by atoms with Gasteiger partial charge in [0.25, 0.3) is 0 Å². The molecule has 0 aromatic carbocycles. The molecule has 114 valence electrons. The summed E-state index contributed by atoms with van der Waals surface area (Å²) in [5, 5.41) is 2.87. The van der Waals surface area contributed by atoms with E-state index in [1.54, 1.807) is 0 Å². The topological polar surface area (TPSA) is 95.5 Å². The summed E-state index contributed by atoms with van der Waals surface area (Å²) in [4.78, 5) is 11.0. The van der Waals surface area contributed by atoms with Crippen molar-refractivity contribution in [2.45, 2.75) is 26.4 Å². The minimum Gasteiger partial charge on any atom is -0.726 e. The standard InChI is InChI=1S/C10H20N2O.CH4O4S/c1-6-8-12(4,5)9(3)11-10(13)7-2;1-5-6(2,3)4/h7,9H,2,6,8H2,1,3-5H3;1H3,(H,2,3,4). The molecule has 0 aliphatic rings. The molecule has 7 nitrogen and oxygen atoms in total. The maximum atomic E-state index is 11.0. The average molecular weight is 296 g/mol. The Morgan fingerprint density at radius 1 is 1.53 bits per heavy atom. The fraction of sp³-hybridized carbons (Fsp3) is 0.727. The predicted octanol–water partition coefficient (Wildman–Crippen LogP) is 0.214. The number of rotatable bonds is 6. The SMILES string of the molecule is C=CC(=O)NC(C)[N+](C)(C)CCC.COS(=O)(=O)[O-]. The lowest BCUT2D eigenvalue weighted by Crippen LogP contribution is -2.56. The van der Waals surface area contributed by atoms with Crippen molar-refractivity contribution >= 4 is 16.3 Å². The highest BCUT2D eigenvalue weighted by molar-refractivity contribution is 7.80. The Morgan fingerprint density at radius 3 is 2.21 bits per heavy atom. The first kappa shape index (κ1) is 20.4. The van der Waals surface area contributed by atoms with E-state index in [2.05, 4.69) is 37.1 Å². The minimum atomic E-state index is -4.41. The van der Waals surface area contributed by atoms with Gasteiger partial charge in [-0.15, -0.1) is 0 Å². The summed E-state index contributed by atoms with van der Waals surface area (Å²) >= 11 is 0. The van der Waals surface area contributed by atoms with Gasteiger partial charge in [0.05, 0.1) is 27.7 Å². The highest BCUT2D eigenvalue weighted by atomic mass is 32.3. The molecule has 0 aromatic rings. The molecule has 0 spiro atoms. The van der Waals surface area contributed by atoms with Crippen molar-refractivity contribution in [3.05, 3.63) is 12.7 Å². The lowest BCUT2D eigenvalue weighted by Gasteiger charge is -2.35. The molecule has 1 unspecified atom stereocenters. The highest BCUT2D eigenvalue weighted by Crippen LogP contribution is 2.04. The Bertz CT molecular complexity index is 379. The maximum absolute atomic E-state index is 11.0. The number of carbonyl (C=O) groups is 1. The zero-order valence-corrected chi connectivity index (χ0v) is 13.0. The van der Waals surface area contributed by atoms with E-state index in [9.17, 15) is 17.8 Å². The van der Waals surface area contributed by atoms with E-state index in [0.29, 0.717) is 0 Å². The summed E-state index contributed by atoms with van der Waals surface area (Å²) in [6, 6.07) is 0. The van der Waals surface area contributed by atoms with Crippen molar-refractivity contribution in [2.24, 2.45) is 0 Å². The van der Waals surface area contributed by atoms with E-state index < -0.39 is 10.4 Å². The smallest absolute Gasteiger partial charge is 0.247 e. The largest absolute Gasteiger partial charge is 0.726 e. The van der Waals surface area contributed by atoms with Gasteiger partial charge in [-0.2, -0.15) is 0 Å². The van der Waals surface area contributed by atoms with E-state index in [1.165, 1.54) is 6.08 Å². The van der Waals surface area contributed by atoms with E-state index in [4.69, 9.17) is 0 Å². The second-order valence-corrected chi connectivity index (χ2v) is 5.62. The van der Waals surface area contributed by atoms with Gasteiger partial charge in [-0.05, 0) is 12.5 Å². The Morgan fingerprint density at radius 2 is 1.95 bits per heavy atom. The quantitative estimate of drug-likeness (QED) is 0.249. The highest BCUT2D eigenvalue weighted by Gasteiger charge is 2.23. The average Bonchev–Trinajstić information content (AvgIpc) is 2.28. The lowest BCUT2D eigenvalue weighted by molar-refractivity contribution is -0.915. The fourth-order valence-electron chi connectivity index (χ4n) is 1.21. The molecule has 0 aromatic heterocycles. The van der Waals surface area contributed by atoms with Gasteiger partial charge < -0.3 is 14.4 Å². The summed E-state index contributed by atoms with van der Waals surface area (Å²) in [6.45, 7) is 8.63. The molecule has 19 heavy (non-hydrogen) atoms. The third-order valence-corrected chi connectivity index (χ3v) is 3.00. The number of quaternary nitrogens is 1. The Hall–Kier alpha value is -0.960. The van der Waals surface area contributed by atoms with Crippen molar-refractivity contribution in [2.75, 3.05) is 27.7 Å². The van der Waals surface area contributed by atoms with Crippen molar-refractivity contribution in [3.63, 3.8) is 0 Å². The normalized spacial score (nSPS) is 12.9. The van der Waals surface area contributed by atoms with Crippen LogP contribution in [0.15, 0.2) is 12.7 Å². The Balaban J connectivity index is 0. The fourth-order valence-corrected chi connectivity index (χ4v) is 1.21. The number of hydrogen-bond donors (Lipinski definition) is 1. The number of carbonyl (C=O) groups excluding carboxylic acids is 1. The number of hydrogen-bond acceptors (Lipinski definition) is 5. The van der Waals surface area contributed by atoms with Crippen LogP contribution in [-0.2, 0) is 19.4 Å². The van der Waals surface area contributed by atoms with E-state index in [-0.39, 0.29) is 12.1 Å². The number of amides is 1. The molecular weight excluding hydrogens is 272 g/mol. The molecular formula is C11H24N2O5S. The second-order valence-electron chi connectivity index (χ2n) is 4.47. The first-order chi connectivity index (χ1) is 8.50. The van der Waals surface area contributed by atoms with Gasteiger partial charge in [0, 0.05) is 6.92 Å². The van der Waals surface area contributed by atoms with Gasteiger partial charge in [0.15, 0.2) is 6.17 Å². The zero-order valence-electron chi connectivity index (χ0n) is 12.2. The van der Waals surface area contributed by atoms with Gasteiger partial charge in [-0.25, -0.2) is 8.42 Å². The van der Waals surface area contributed by atoms with Crippen molar-refractivity contribution < 1.29 is 26.4 Å². The van der Waals surface area contributed by atoms with Gasteiger partial charge in [0.1, 0.15) is 0 Å². The lowest BCUT2D eigenvalue weighted by atomic mass is 10.3. The van der Waals surface area contributed by atoms with Gasteiger partial charge in [0.2, 0.25) is 16.3 Å². The van der Waals surface area contributed by atoms with Crippen LogP contribution in [0.1, 0.15) is 20.3 Å². The molecule has 0 radical (unpaired) electrons. The summed E-state index contributed by atoms with van der Waals surface area (Å²) in [5.41, 5.74) is 0. The molecule has 0 fully saturated rings. The van der Waals surface area contributed by atoms with Gasteiger partial charge in [-0.1, -0.05) is 13.5 Å². The zero-order chi connectivity index (χ0) is 15.7. The third kappa shape index (κ3) is 11.8. The summed E-state index contributed by atoms with van der Waals surface area (Å²) < 4.78 is 31.8. The molecule has 0 bridgehead atoms. The Kier molecular flexibility index (Phi) is 9.67. The van der Waals surface area contributed by atoms with E-state index >= 15 is 0 Å². The molecule has 1 N–H and O–H groups in total. The van der Waals surface area contributed by atoms with Crippen LogP contribution in [0.2, 0.25) is 0 Å². The first-order valence-electron chi connectivity index (χ1n) is 5.77. The minimum absolute atomic E-state index is 0.102. The van der Waals surface area contributed by atoms with Crippen LogP contribution in [0.4, 0.5) is 0 Å². The van der Waals surface area contributed by atoms with Crippen LogP contribution >= 0.6 is 0 Å². The molecule has 0 saturated heterocycles. The van der Waals surface area contributed by atoms with Crippen LogP contribution in [0.3, 0.4) is 0 Å². The second kappa shape index (κ2) is 9.03. The maximum Gasteiger partial charge on any atom is 0.247 e. The summed E-state index contributed by atoms with van der Waals surface area (Å²) in [6.07, 6.45) is 2.55. The van der Waals surface area contributed by atoms with Crippen molar-refractivity contribution in [3.8, 4) is 0 Å². The molecule has 0 saturated carbocycles. The summed E-state index contributed by atoms with van der Waals surface area (Å²) in [5.74, 6) is -0.102. The molecule has 0 heterocycles. The van der Waals surface area contributed by atoms with Crippen LogP contribution in [0, 0.1) is 0 Å². The van der Waals surface area contributed by atoms with Gasteiger partial charge in [-0.3, -0.25) is 8.98 Å². The predicted molar refractivity (Wildman–Crippen MR) is 71.8 cm³/mol. The van der Waals surface area contributed by atoms with Crippen LogP contribution in [0.25, 0.3) is 0 Å². The van der Waals surface area contributed by atoms with Gasteiger partial charge >= 0.3 is 0 Å². The monoisotopic (exact) mass is 296 g/mol. The first-order valence-corrected chi connectivity index (χ1v) is 7.10. The molecule has 0 aliphatic carbocycles. The molecule has 0 aliphatic heterocycles. The van der Waals surface area contributed by atoms with Crippen molar-refractivity contribution in [1.29, 1.82) is 0 Å². The van der Waals surface area contributed by atoms with Crippen LogP contribution in [-0.4, -0.2) is 57.3 Å². The Labute approximate surface area is 115 Å². The molecule has 1 atom stereocenters. The molecule has 0 rings (SSSR count). The third-order valence-electron chi connectivity index (χ3n) is 2.59. The van der Waals surface area contributed by atoms with Crippen LogP contribution < -0.4 is 5.32 Å². The van der Waals surface area contributed by atoms with E-state index in [0.717, 1.165) is 24.6 Å². The summed E-state index contributed by atoms with van der Waals surface area (Å²) in [7, 11) is 0.613. The molecule has 8 heteroatoms. The number of nitrogens with zero attached hydrogens (tertiary/aromatic N) is 1. The van der Waals surface area contributed by atoms with E-state index in [1.807, 2.05) is 6.92 Å². The number of nitrogens with one attached hydrogen (secondary N) is 1.